The Balaban J connectivity index is 2.23. The molecule has 0 spiro atoms. The average molecular weight is 351 g/mol. The topological polar surface area (TPSA) is 9.23 Å². The second-order valence-electron chi connectivity index (χ2n) is 3.71. The molecule has 0 aromatic heterocycles. The smallest absolute Gasteiger partial charge is 0.205 e. The summed E-state index contributed by atoms with van der Waals surface area (Å²) in [4.78, 5) is 0.0891. The number of fused-ring (bicyclic) bond motifs is 2. The molecule has 0 atom stereocenters. The van der Waals surface area contributed by atoms with Crippen molar-refractivity contribution < 1.29 is 22.3 Å². The number of hydrogen-bond donors (Lipinski definition) is 0. The van der Waals surface area contributed by atoms with Crippen molar-refractivity contribution in [1.29, 1.82) is 0 Å². The summed E-state index contributed by atoms with van der Waals surface area (Å²) in [5.74, 6) is -7.09. The van der Waals surface area contributed by atoms with Gasteiger partial charge in [0.15, 0.2) is 17.4 Å². The van der Waals surface area contributed by atoms with Crippen LogP contribution < -0.4 is 4.74 Å². The normalized spacial score (nSPS) is 12.7. The number of ether oxygens (including phenoxy) is 1. The van der Waals surface area contributed by atoms with Crippen LogP contribution in [0.1, 0.15) is 0 Å². The molecule has 19 heavy (non-hydrogen) atoms. The van der Waals surface area contributed by atoms with E-state index < -0.39 is 33.9 Å². The number of benzene rings is 2. The van der Waals surface area contributed by atoms with E-state index in [-0.39, 0.29) is 5.75 Å². The lowest BCUT2D eigenvalue weighted by molar-refractivity contribution is 0.349. The van der Waals surface area contributed by atoms with E-state index in [2.05, 4.69) is 15.9 Å². The van der Waals surface area contributed by atoms with Crippen LogP contribution in [0.2, 0.25) is 0 Å². The standard InChI is InChI=1S/C12H3BrF4OS/c13-4-1-2-6-5(3-4)18-11-9(16)7(14)8(15)10(17)12(11)19-6/h1-3H. The van der Waals surface area contributed by atoms with Gasteiger partial charge in [-0.3, -0.25) is 0 Å². The highest BCUT2D eigenvalue weighted by Crippen LogP contribution is 2.50. The first-order valence-electron chi connectivity index (χ1n) is 5.00. The summed E-state index contributed by atoms with van der Waals surface area (Å²) in [6, 6.07) is 4.81. The molecular weight excluding hydrogens is 348 g/mol. The van der Waals surface area contributed by atoms with Crippen LogP contribution in [0.3, 0.4) is 0 Å². The molecule has 0 fully saturated rings. The van der Waals surface area contributed by atoms with Gasteiger partial charge < -0.3 is 4.74 Å². The maximum atomic E-state index is 13.6. The van der Waals surface area contributed by atoms with Crippen LogP contribution in [0.5, 0.6) is 11.5 Å². The third-order valence-electron chi connectivity index (χ3n) is 2.51. The summed E-state index contributed by atoms with van der Waals surface area (Å²) in [6.45, 7) is 0. The Morgan fingerprint density at radius 3 is 2.37 bits per heavy atom. The van der Waals surface area contributed by atoms with E-state index in [0.717, 1.165) is 11.8 Å². The maximum absolute atomic E-state index is 13.6. The van der Waals surface area contributed by atoms with Crippen molar-refractivity contribution in [2.24, 2.45) is 0 Å². The van der Waals surface area contributed by atoms with Crippen molar-refractivity contribution >= 4 is 27.7 Å². The predicted octanol–water partition coefficient (Wildman–Crippen LogP) is 5.26. The molecule has 0 saturated heterocycles. The highest BCUT2D eigenvalue weighted by Gasteiger charge is 2.31. The molecule has 1 aliphatic heterocycles. The molecule has 1 heterocycles. The van der Waals surface area contributed by atoms with Gasteiger partial charge in [-0.15, -0.1) is 0 Å². The molecule has 0 unspecified atom stereocenters. The number of rotatable bonds is 0. The molecule has 0 aliphatic carbocycles. The van der Waals surface area contributed by atoms with Gasteiger partial charge in [-0.2, -0.15) is 4.39 Å². The van der Waals surface area contributed by atoms with Crippen LogP contribution in [0.4, 0.5) is 17.6 Å². The van der Waals surface area contributed by atoms with Gasteiger partial charge in [0.25, 0.3) is 0 Å². The molecular formula is C12H3BrF4OS. The first kappa shape index (κ1) is 12.8. The van der Waals surface area contributed by atoms with E-state index >= 15 is 0 Å². The Hall–Kier alpha value is -1.21. The molecule has 0 N–H and O–H groups in total. The molecule has 2 aromatic carbocycles. The molecule has 98 valence electrons. The molecule has 0 amide bonds. The quantitative estimate of drug-likeness (QED) is 0.310. The van der Waals surface area contributed by atoms with Gasteiger partial charge in [0, 0.05) is 4.47 Å². The van der Waals surface area contributed by atoms with Crippen LogP contribution in [0, 0.1) is 23.3 Å². The van der Waals surface area contributed by atoms with Crippen LogP contribution in [-0.4, -0.2) is 0 Å². The average Bonchev–Trinajstić information content (AvgIpc) is 2.41. The van der Waals surface area contributed by atoms with Crippen molar-refractivity contribution in [3.05, 3.63) is 45.9 Å². The van der Waals surface area contributed by atoms with E-state index in [9.17, 15) is 17.6 Å². The minimum absolute atomic E-state index is 0.246. The van der Waals surface area contributed by atoms with Gasteiger partial charge in [-0.1, -0.05) is 27.7 Å². The third kappa shape index (κ3) is 1.92. The van der Waals surface area contributed by atoms with Crippen molar-refractivity contribution in [3.63, 3.8) is 0 Å². The highest BCUT2D eigenvalue weighted by atomic mass is 79.9. The summed E-state index contributed by atoms with van der Waals surface area (Å²) in [7, 11) is 0. The molecule has 0 bridgehead atoms. The maximum Gasteiger partial charge on any atom is 0.205 e. The summed E-state index contributed by atoms with van der Waals surface area (Å²) in [5, 5.41) is 0. The van der Waals surface area contributed by atoms with Gasteiger partial charge in [0.05, 0.1) is 9.79 Å². The lowest BCUT2D eigenvalue weighted by atomic mass is 10.2. The zero-order valence-corrected chi connectivity index (χ0v) is 11.3. The zero-order valence-electron chi connectivity index (χ0n) is 8.94. The molecule has 1 aliphatic rings. The molecule has 7 heteroatoms. The first-order valence-corrected chi connectivity index (χ1v) is 6.61. The van der Waals surface area contributed by atoms with Gasteiger partial charge in [0.2, 0.25) is 11.6 Å². The molecule has 3 rings (SSSR count). The second kappa shape index (κ2) is 4.42. The zero-order chi connectivity index (χ0) is 13.7. The van der Waals surface area contributed by atoms with Crippen molar-refractivity contribution in [3.8, 4) is 11.5 Å². The van der Waals surface area contributed by atoms with E-state index in [1.54, 1.807) is 12.1 Å². The minimum Gasteiger partial charge on any atom is -0.452 e. The van der Waals surface area contributed by atoms with Gasteiger partial charge in [-0.05, 0) is 18.2 Å². The molecule has 1 nitrogen and oxygen atoms in total. The largest absolute Gasteiger partial charge is 0.452 e. The predicted molar refractivity (Wildman–Crippen MR) is 64.6 cm³/mol. The summed E-state index contributed by atoms with van der Waals surface area (Å²) in [6.07, 6.45) is 0. The Bertz CT molecular complexity index is 705. The Morgan fingerprint density at radius 1 is 0.947 bits per heavy atom. The van der Waals surface area contributed by atoms with E-state index in [1.807, 2.05) is 0 Å². The Morgan fingerprint density at radius 2 is 1.63 bits per heavy atom. The van der Waals surface area contributed by atoms with E-state index in [4.69, 9.17) is 4.74 Å². The monoisotopic (exact) mass is 350 g/mol. The van der Waals surface area contributed by atoms with Crippen LogP contribution in [0.25, 0.3) is 0 Å². The third-order valence-corrected chi connectivity index (χ3v) is 4.13. The Labute approximate surface area is 117 Å². The summed E-state index contributed by atoms with van der Waals surface area (Å²) < 4.78 is 59.3. The molecule has 2 aromatic rings. The fourth-order valence-electron chi connectivity index (χ4n) is 1.64. The lowest BCUT2D eigenvalue weighted by Gasteiger charge is -2.21. The highest BCUT2D eigenvalue weighted by molar-refractivity contribution is 9.10. The Kier molecular flexibility index (Phi) is 2.98. The molecule has 0 saturated carbocycles. The van der Waals surface area contributed by atoms with Crippen molar-refractivity contribution in [2.75, 3.05) is 0 Å². The number of halogens is 5. The van der Waals surface area contributed by atoms with Crippen LogP contribution in [0.15, 0.2) is 32.5 Å². The van der Waals surface area contributed by atoms with Gasteiger partial charge in [0.1, 0.15) is 5.75 Å². The fourth-order valence-corrected chi connectivity index (χ4v) is 2.94. The van der Waals surface area contributed by atoms with E-state index in [1.165, 1.54) is 6.07 Å². The minimum atomic E-state index is -1.88. The molecule has 0 radical (unpaired) electrons. The van der Waals surface area contributed by atoms with Crippen LogP contribution >= 0.6 is 27.7 Å². The summed E-state index contributed by atoms with van der Waals surface area (Å²) >= 11 is 3.99. The van der Waals surface area contributed by atoms with E-state index in [0.29, 0.717) is 9.37 Å². The van der Waals surface area contributed by atoms with Crippen molar-refractivity contribution in [2.45, 2.75) is 9.79 Å². The fraction of sp³-hybridized carbons (Fsp3) is 0. The first-order chi connectivity index (χ1) is 8.99. The number of hydrogen-bond acceptors (Lipinski definition) is 2. The van der Waals surface area contributed by atoms with Crippen molar-refractivity contribution in [1.82, 2.24) is 0 Å². The summed E-state index contributed by atoms with van der Waals surface area (Å²) in [5.41, 5.74) is 0. The SMILES string of the molecule is Fc1c(F)c(F)c2c(c1F)Oc1cc(Br)ccc1S2. The second-order valence-corrected chi connectivity index (χ2v) is 5.68. The van der Waals surface area contributed by atoms with Gasteiger partial charge >= 0.3 is 0 Å². The lowest BCUT2D eigenvalue weighted by Crippen LogP contribution is -2.06. The van der Waals surface area contributed by atoms with Crippen LogP contribution in [-0.2, 0) is 0 Å². The van der Waals surface area contributed by atoms with Gasteiger partial charge in [-0.25, -0.2) is 13.2 Å².